The molecule has 2 rings (SSSR count). The van der Waals surface area contributed by atoms with Crippen LogP contribution in [-0.2, 0) is 6.54 Å². The molecule has 1 aromatic carbocycles. The zero-order valence-corrected chi connectivity index (χ0v) is 11.6. The zero-order chi connectivity index (χ0) is 13.0. The van der Waals surface area contributed by atoms with Crippen LogP contribution in [0.25, 0.3) is 0 Å². The largest absolute Gasteiger partial charge is 0.305 e. The molecule has 0 aliphatic carbocycles. The second kappa shape index (κ2) is 6.07. The van der Waals surface area contributed by atoms with E-state index in [4.69, 9.17) is 0 Å². The number of nitrogens with zero attached hydrogens (tertiary/aromatic N) is 1. The van der Waals surface area contributed by atoms with Crippen LogP contribution in [0.5, 0.6) is 0 Å². The Kier molecular flexibility index (Phi) is 4.44. The summed E-state index contributed by atoms with van der Waals surface area (Å²) >= 11 is 3.26. The molecule has 4 heteroatoms. The third-order valence-electron chi connectivity index (χ3n) is 2.76. The predicted molar refractivity (Wildman–Crippen MR) is 73.6 cm³/mol. The van der Waals surface area contributed by atoms with Crippen molar-refractivity contribution >= 4 is 15.9 Å². The van der Waals surface area contributed by atoms with Crippen LogP contribution in [0, 0.1) is 5.82 Å². The molecule has 0 saturated heterocycles. The summed E-state index contributed by atoms with van der Waals surface area (Å²) in [5.41, 5.74) is 1.88. The molecule has 1 atom stereocenters. The maximum atomic E-state index is 13.3. The van der Waals surface area contributed by atoms with Gasteiger partial charge in [0, 0.05) is 18.8 Å². The Labute approximate surface area is 114 Å². The molecule has 1 aromatic heterocycles. The molecular weight excluding hydrogens is 295 g/mol. The molecule has 94 valence electrons. The van der Waals surface area contributed by atoms with Gasteiger partial charge in [-0.1, -0.05) is 18.2 Å². The monoisotopic (exact) mass is 308 g/mol. The highest BCUT2D eigenvalue weighted by atomic mass is 79.9. The van der Waals surface area contributed by atoms with E-state index in [-0.39, 0.29) is 11.9 Å². The van der Waals surface area contributed by atoms with Crippen molar-refractivity contribution in [2.75, 3.05) is 0 Å². The first kappa shape index (κ1) is 13.2. The second-order valence-electron chi connectivity index (χ2n) is 4.07. The number of hydrogen-bond donors (Lipinski definition) is 1. The van der Waals surface area contributed by atoms with Crippen LogP contribution in [0.15, 0.2) is 47.1 Å². The number of rotatable bonds is 4. The molecule has 0 fully saturated rings. The SMILES string of the molecule is CC(NCc1cccc(F)c1Br)c1ccccn1. The third-order valence-corrected chi connectivity index (χ3v) is 3.65. The number of pyridine rings is 1. The molecule has 1 heterocycles. The lowest BCUT2D eigenvalue weighted by atomic mass is 10.1. The molecule has 0 bridgehead atoms. The van der Waals surface area contributed by atoms with Crippen LogP contribution < -0.4 is 5.32 Å². The maximum absolute atomic E-state index is 13.3. The van der Waals surface area contributed by atoms with Gasteiger partial charge in [0.15, 0.2) is 0 Å². The summed E-state index contributed by atoms with van der Waals surface area (Å²) in [5, 5.41) is 3.32. The van der Waals surface area contributed by atoms with Gasteiger partial charge in [-0.3, -0.25) is 4.98 Å². The van der Waals surface area contributed by atoms with E-state index in [9.17, 15) is 4.39 Å². The van der Waals surface area contributed by atoms with Crippen molar-refractivity contribution in [3.8, 4) is 0 Å². The first-order chi connectivity index (χ1) is 8.68. The van der Waals surface area contributed by atoms with Crippen LogP contribution in [0.1, 0.15) is 24.2 Å². The van der Waals surface area contributed by atoms with E-state index in [2.05, 4.69) is 26.2 Å². The summed E-state index contributed by atoms with van der Waals surface area (Å²) in [6.07, 6.45) is 1.77. The fraction of sp³-hybridized carbons (Fsp3) is 0.214. The van der Waals surface area contributed by atoms with Crippen molar-refractivity contribution in [1.29, 1.82) is 0 Å². The number of halogens is 2. The maximum Gasteiger partial charge on any atom is 0.137 e. The molecule has 18 heavy (non-hydrogen) atoms. The molecule has 0 aliphatic heterocycles. The summed E-state index contributed by atoms with van der Waals surface area (Å²) in [7, 11) is 0. The summed E-state index contributed by atoms with van der Waals surface area (Å²) in [6, 6.07) is 11.0. The van der Waals surface area contributed by atoms with Crippen LogP contribution >= 0.6 is 15.9 Å². The summed E-state index contributed by atoms with van der Waals surface area (Å²) in [4.78, 5) is 4.28. The van der Waals surface area contributed by atoms with Gasteiger partial charge in [0.05, 0.1) is 10.2 Å². The minimum atomic E-state index is -0.236. The lowest BCUT2D eigenvalue weighted by Gasteiger charge is -2.14. The van der Waals surface area contributed by atoms with Gasteiger partial charge in [-0.05, 0) is 46.6 Å². The van der Waals surface area contributed by atoms with Gasteiger partial charge in [-0.25, -0.2) is 4.39 Å². The van der Waals surface area contributed by atoms with Crippen molar-refractivity contribution < 1.29 is 4.39 Å². The van der Waals surface area contributed by atoms with Crippen LogP contribution in [0.2, 0.25) is 0 Å². The first-order valence-electron chi connectivity index (χ1n) is 5.75. The number of hydrogen-bond acceptors (Lipinski definition) is 2. The van der Waals surface area contributed by atoms with Crippen molar-refractivity contribution in [1.82, 2.24) is 10.3 Å². The van der Waals surface area contributed by atoms with E-state index >= 15 is 0 Å². The van der Waals surface area contributed by atoms with Gasteiger partial charge in [-0.15, -0.1) is 0 Å². The summed E-state index contributed by atoms with van der Waals surface area (Å²) in [6.45, 7) is 2.63. The van der Waals surface area contributed by atoms with E-state index in [0.717, 1.165) is 11.3 Å². The van der Waals surface area contributed by atoms with Crippen molar-refractivity contribution in [2.45, 2.75) is 19.5 Å². The molecular formula is C14H14BrFN2. The van der Waals surface area contributed by atoms with E-state index in [1.165, 1.54) is 6.07 Å². The van der Waals surface area contributed by atoms with E-state index in [1.54, 1.807) is 12.3 Å². The standard InChI is InChI=1S/C14H14BrFN2/c1-10(13-7-2-3-8-17-13)18-9-11-5-4-6-12(16)14(11)15/h2-8,10,18H,9H2,1H3. The van der Waals surface area contributed by atoms with Crippen molar-refractivity contribution in [2.24, 2.45) is 0 Å². The molecule has 0 aliphatic rings. The highest BCUT2D eigenvalue weighted by Gasteiger charge is 2.08. The number of nitrogens with one attached hydrogen (secondary N) is 1. The minimum absolute atomic E-state index is 0.126. The number of benzene rings is 1. The zero-order valence-electron chi connectivity index (χ0n) is 10.0. The van der Waals surface area contributed by atoms with Crippen molar-refractivity contribution in [3.05, 3.63) is 64.1 Å². The van der Waals surface area contributed by atoms with Crippen LogP contribution in [-0.4, -0.2) is 4.98 Å². The molecule has 0 amide bonds. The topological polar surface area (TPSA) is 24.9 Å². The van der Waals surface area contributed by atoms with Gasteiger partial charge in [-0.2, -0.15) is 0 Å². The van der Waals surface area contributed by atoms with E-state index < -0.39 is 0 Å². The Morgan fingerprint density at radius 2 is 2.11 bits per heavy atom. The number of aromatic nitrogens is 1. The normalized spacial score (nSPS) is 12.4. The first-order valence-corrected chi connectivity index (χ1v) is 6.55. The molecule has 0 saturated carbocycles. The molecule has 1 N–H and O–H groups in total. The second-order valence-corrected chi connectivity index (χ2v) is 4.86. The summed E-state index contributed by atoms with van der Waals surface area (Å²) in [5.74, 6) is -0.236. The quantitative estimate of drug-likeness (QED) is 0.928. The summed E-state index contributed by atoms with van der Waals surface area (Å²) < 4.78 is 13.9. The lowest BCUT2D eigenvalue weighted by Crippen LogP contribution is -2.19. The van der Waals surface area contributed by atoms with E-state index in [1.807, 2.05) is 31.2 Å². The average molecular weight is 309 g/mol. The van der Waals surface area contributed by atoms with Gasteiger partial charge >= 0.3 is 0 Å². The molecule has 0 radical (unpaired) electrons. The van der Waals surface area contributed by atoms with Gasteiger partial charge < -0.3 is 5.32 Å². The molecule has 2 aromatic rings. The average Bonchev–Trinajstić information content (AvgIpc) is 2.41. The van der Waals surface area contributed by atoms with Gasteiger partial charge in [0.1, 0.15) is 5.82 Å². The Hall–Kier alpha value is -1.26. The lowest BCUT2D eigenvalue weighted by molar-refractivity contribution is 0.555. The van der Waals surface area contributed by atoms with Crippen molar-refractivity contribution in [3.63, 3.8) is 0 Å². The third kappa shape index (κ3) is 3.15. The molecule has 0 spiro atoms. The fourth-order valence-corrected chi connectivity index (χ4v) is 2.09. The highest BCUT2D eigenvalue weighted by molar-refractivity contribution is 9.10. The molecule has 2 nitrogen and oxygen atoms in total. The Bertz CT molecular complexity index is 516. The smallest absolute Gasteiger partial charge is 0.137 e. The predicted octanol–water partition coefficient (Wildman–Crippen LogP) is 3.83. The van der Waals surface area contributed by atoms with Crippen LogP contribution in [0.3, 0.4) is 0 Å². The Balaban J connectivity index is 2.02. The van der Waals surface area contributed by atoms with E-state index in [0.29, 0.717) is 11.0 Å². The highest BCUT2D eigenvalue weighted by Crippen LogP contribution is 2.21. The Morgan fingerprint density at radius 1 is 1.28 bits per heavy atom. The van der Waals surface area contributed by atoms with Gasteiger partial charge in [0.25, 0.3) is 0 Å². The molecule has 1 unspecified atom stereocenters. The Morgan fingerprint density at radius 3 is 2.83 bits per heavy atom. The van der Waals surface area contributed by atoms with Crippen LogP contribution in [0.4, 0.5) is 4.39 Å². The fourth-order valence-electron chi connectivity index (χ4n) is 1.68. The minimum Gasteiger partial charge on any atom is -0.305 e. The van der Waals surface area contributed by atoms with Gasteiger partial charge in [0.2, 0.25) is 0 Å².